The number of cyclic esters (lactones) is 1. The van der Waals surface area contributed by atoms with Crippen molar-refractivity contribution in [2.45, 2.75) is 46.6 Å². The average molecular weight is 280 g/mol. The fourth-order valence-electron chi connectivity index (χ4n) is 2.91. The molecule has 1 aliphatic heterocycles. The van der Waals surface area contributed by atoms with Crippen molar-refractivity contribution in [3.05, 3.63) is 22.4 Å². The van der Waals surface area contributed by atoms with Crippen molar-refractivity contribution >= 4 is 23.1 Å². The second-order valence-corrected chi connectivity index (χ2v) is 6.60. The van der Waals surface area contributed by atoms with Crippen molar-refractivity contribution < 1.29 is 14.3 Å². The summed E-state index contributed by atoms with van der Waals surface area (Å²) in [5, 5.41) is 1.95. The lowest BCUT2D eigenvalue weighted by molar-refractivity contribution is -0.190. The van der Waals surface area contributed by atoms with E-state index in [2.05, 4.69) is 0 Å². The van der Waals surface area contributed by atoms with Gasteiger partial charge in [-0.2, -0.15) is 0 Å². The molecule has 2 rings (SSSR count). The van der Waals surface area contributed by atoms with Crippen molar-refractivity contribution in [3.8, 4) is 0 Å². The molecule has 1 aromatic rings. The zero-order valence-electron chi connectivity index (χ0n) is 11.9. The minimum Gasteiger partial charge on any atom is -0.455 e. The van der Waals surface area contributed by atoms with Crippen LogP contribution in [0.5, 0.6) is 0 Å². The van der Waals surface area contributed by atoms with E-state index in [0.717, 1.165) is 4.88 Å². The maximum atomic E-state index is 12.9. The van der Waals surface area contributed by atoms with Crippen LogP contribution in [-0.4, -0.2) is 11.8 Å². The van der Waals surface area contributed by atoms with Gasteiger partial charge in [0.1, 0.15) is 11.5 Å². The molecule has 0 bridgehead atoms. The molecule has 4 heteroatoms. The highest BCUT2D eigenvalue weighted by molar-refractivity contribution is 7.10. The van der Waals surface area contributed by atoms with Crippen molar-refractivity contribution in [2.24, 2.45) is 10.8 Å². The zero-order chi connectivity index (χ0) is 14.3. The predicted molar refractivity (Wildman–Crippen MR) is 75.0 cm³/mol. The van der Waals surface area contributed by atoms with Gasteiger partial charge in [-0.3, -0.25) is 9.59 Å². The number of carbonyl (C=O) groups excluding carboxylic acids is 2. The zero-order valence-corrected chi connectivity index (χ0v) is 12.7. The summed E-state index contributed by atoms with van der Waals surface area (Å²) in [4.78, 5) is 25.9. The van der Waals surface area contributed by atoms with Gasteiger partial charge in [0.05, 0.1) is 5.41 Å². The molecule has 1 aliphatic rings. The van der Waals surface area contributed by atoms with E-state index in [1.807, 2.05) is 31.4 Å². The first kappa shape index (κ1) is 14.3. The number of rotatable bonds is 3. The highest BCUT2D eigenvalue weighted by atomic mass is 32.1. The number of hydrogen-bond acceptors (Lipinski definition) is 4. The Bertz CT molecular complexity index is 483. The monoisotopic (exact) mass is 280 g/mol. The molecule has 0 aliphatic carbocycles. The quantitative estimate of drug-likeness (QED) is 0.625. The Labute approximate surface area is 118 Å². The fourth-order valence-corrected chi connectivity index (χ4v) is 3.78. The second-order valence-electron chi connectivity index (χ2n) is 5.62. The molecule has 0 aromatic carbocycles. The van der Waals surface area contributed by atoms with Crippen LogP contribution in [0, 0.1) is 10.8 Å². The first-order chi connectivity index (χ1) is 8.90. The summed E-state index contributed by atoms with van der Waals surface area (Å²) in [6, 6.07) is 3.86. The van der Waals surface area contributed by atoms with Crippen LogP contribution in [-0.2, 0) is 14.3 Å². The molecule has 3 nitrogen and oxygen atoms in total. The van der Waals surface area contributed by atoms with Crippen LogP contribution in [0.15, 0.2) is 17.5 Å². The van der Waals surface area contributed by atoms with Gasteiger partial charge in [-0.25, -0.2) is 0 Å². The Kier molecular flexibility index (Phi) is 3.56. The SMILES string of the molecule is CCC1(CC)C(=O)C(C)(C)C(=O)O[C@@H]1c1cccs1. The van der Waals surface area contributed by atoms with E-state index in [1.165, 1.54) is 11.3 Å². The number of carbonyl (C=O) groups is 2. The maximum Gasteiger partial charge on any atom is 0.319 e. The summed E-state index contributed by atoms with van der Waals surface area (Å²) in [5.74, 6) is -0.395. The highest BCUT2D eigenvalue weighted by Gasteiger charge is 2.58. The van der Waals surface area contributed by atoms with E-state index in [-0.39, 0.29) is 5.78 Å². The summed E-state index contributed by atoms with van der Waals surface area (Å²) >= 11 is 1.54. The molecule has 19 heavy (non-hydrogen) atoms. The number of hydrogen-bond donors (Lipinski definition) is 0. The van der Waals surface area contributed by atoms with Gasteiger partial charge in [0.25, 0.3) is 0 Å². The molecule has 0 unspecified atom stereocenters. The molecule has 0 saturated carbocycles. The normalized spacial score (nSPS) is 25.2. The van der Waals surface area contributed by atoms with Crippen molar-refractivity contribution in [1.29, 1.82) is 0 Å². The minimum absolute atomic E-state index is 0.0136. The van der Waals surface area contributed by atoms with E-state index in [4.69, 9.17) is 4.74 Å². The van der Waals surface area contributed by atoms with Gasteiger partial charge in [-0.1, -0.05) is 19.9 Å². The van der Waals surface area contributed by atoms with Gasteiger partial charge in [-0.05, 0) is 38.1 Å². The van der Waals surface area contributed by atoms with Crippen LogP contribution in [0.1, 0.15) is 51.5 Å². The smallest absolute Gasteiger partial charge is 0.319 e. The van der Waals surface area contributed by atoms with Gasteiger partial charge in [-0.15, -0.1) is 11.3 Å². The molecule has 0 radical (unpaired) electrons. The van der Waals surface area contributed by atoms with Crippen LogP contribution in [0.25, 0.3) is 0 Å². The summed E-state index contributed by atoms with van der Waals surface area (Å²) in [6.07, 6.45) is 0.930. The summed E-state index contributed by atoms with van der Waals surface area (Å²) in [6.45, 7) is 7.33. The fraction of sp³-hybridized carbons (Fsp3) is 0.600. The number of Topliss-reactive ketones (excluding diaryl/α,β-unsaturated/α-hetero) is 1. The molecular formula is C15H20O3S. The number of ketones is 1. The lowest BCUT2D eigenvalue weighted by Gasteiger charge is -2.46. The van der Waals surface area contributed by atoms with Gasteiger partial charge in [0.15, 0.2) is 5.78 Å². The molecule has 1 fully saturated rings. The van der Waals surface area contributed by atoms with Gasteiger partial charge in [0.2, 0.25) is 0 Å². The van der Waals surface area contributed by atoms with E-state index >= 15 is 0 Å². The van der Waals surface area contributed by atoms with Crippen LogP contribution in [0.3, 0.4) is 0 Å². The Balaban J connectivity index is 2.54. The molecule has 1 saturated heterocycles. The predicted octanol–water partition coefficient (Wildman–Crippen LogP) is 3.75. The summed E-state index contributed by atoms with van der Waals surface area (Å²) in [7, 11) is 0. The molecule has 2 heterocycles. The lowest BCUT2D eigenvalue weighted by Crippen LogP contribution is -2.54. The highest BCUT2D eigenvalue weighted by Crippen LogP contribution is 2.52. The van der Waals surface area contributed by atoms with Gasteiger partial charge >= 0.3 is 5.97 Å². The maximum absolute atomic E-state index is 12.9. The van der Waals surface area contributed by atoms with E-state index < -0.39 is 22.9 Å². The van der Waals surface area contributed by atoms with Crippen molar-refractivity contribution in [1.82, 2.24) is 0 Å². The first-order valence-corrected chi connectivity index (χ1v) is 7.57. The van der Waals surface area contributed by atoms with Crippen LogP contribution >= 0.6 is 11.3 Å². The largest absolute Gasteiger partial charge is 0.455 e. The molecule has 0 N–H and O–H groups in total. The third-order valence-corrected chi connectivity index (χ3v) is 5.24. The molecule has 0 amide bonds. The van der Waals surface area contributed by atoms with Gasteiger partial charge in [0, 0.05) is 4.88 Å². The van der Waals surface area contributed by atoms with E-state index in [1.54, 1.807) is 13.8 Å². The third kappa shape index (κ3) is 1.93. The van der Waals surface area contributed by atoms with E-state index in [0.29, 0.717) is 12.8 Å². The van der Waals surface area contributed by atoms with Gasteiger partial charge < -0.3 is 4.74 Å². The molecule has 0 spiro atoms. The third-order valence-electron chi connectivity index (χ3n) is 4.32. The van der Waals surface area contributed by atoms with Crippen molar-refractivity contribution in [3.63, 3.8) is 0 Å². The van der Waals surface area contributed by atoms with Crippen molar-refractivity contribution in [2.75, 3.05) is 0 Å². The number of ether oxygens (including phenoxy) is 1. The lowest BCUT2D eigenvalue weighted by atomic mass is 9.63. The Morgan fingerprint density at radius 2 is 1.89 bits per heavy atom. The number of thiophene rings is 1. The van der Waals surface area contributed by atoms with Crippen LogP contribution in [0.4, 0.5) is 0 Å². The van der Waals surface area contributed by atoms with Crippen LogP contribution < -0.4 is 0 Å². The minimum atomic E-state index is -1.04. The summed E-state index contributed by atoms with van der Waals surface area (Å²) in [5.41, 5.74) is -1.64. The Morgan fingerprint density at radius 1 is 1.26 bits per heavy atom. The molecular weight excluding hydrogens is 260 g/mol. The Morgan fingerprint density at radius 3 is 2.37 bits per heavy atom. The van der Waals surface area contributed by atoms with E-state index in [9.17, 15) is 9.59 Å². The van der Waals surface area contributed by atoms with Crippen LogP contribution in [0.2, 0.25) is 0 Å². The Hall–Kier alpha value is -1.16. The topological polar surface area (TPSA) is 43.4 Å². The summed E-state index contributed by atoms with van der Waals surface area (Å²) < 4.78 is 5.66. The molecule has 1 aromatic heterocycles. The molecule has 1 atom stereocenters. The average Bonchev–Trinajstić information content (AvgIpc) is 2.91. The second kappa shape index (κ2) is 4.75. The first-order valence-electron chi connectivity index (χ1n) is 6.69. The standard InChI is InChI=1S/C15H20O3S/c1-5-15(6-2)11(10-8-7-9-19-10)18-13(17)14(3,4)12(15)16/h7-9,11H,5-6H2,1-4H3/t11-/m1/s1. The molecule has 104 valence electrons. The number of esters is 1.